The van der Waals surface area contributed by atoms with Gasteiger partial charge in [-0.1, -0.05) is 0 Å². The molecule has 100 valence electrons. The lowest BCUT2D eigenvalue weighted by Gasteiger charge is -2.43. The van der Waals surface area contributed by atoms with Gasteiger partial charge >= 0.3 is 6.09 Å². The molecule has 1 atom stereocenters. The molecule has 1 aliphatic heterocycles. The number of nitrogens with zero attached hydrogens (tertiary/aromatic N) is 1. The maximum absolute atomic E-state index is 12.1. The lowest BCUT2D eigenvalue weighted by Crippen LogP contribution is -2.60. The molecule has 0 aromatic heterocycles. The molecule has 1 rings (SSSR count). The lowest BCUT2D eigenvalue weighted by atomic mass is 10.0. The van der Waals surface area contributed by atoms with Crippen molar-refractivity contribution in [3.8, 4) is 0 Å². The second-order valence-corrected chi connectivity index (χ2v) is 5.49. The largest absolute Gasteiger partial charge is 0.444 e. The summed E-state index contributed by atoms with van der Waals surface area (Å²) in [6.07, 6.45) is -0.361. The first-order chi connectivity index (χ1) is 7.78. The molecule has 2 N–H and O–H groups in total. The molecule has 0 aromatic rings. The molecule has 17 heavy (non-hydrogen) atoms. The fourth-order valence-electron chi connectivity index (χ4n) is 1.72. The third-order valence-corrected chi connectivity index (χ3v) is 2.53. The van der Waals surface area contributed by atoms with Crippen molar-refractivity contribution in [3.05, 3.63) is 0 Å². The standard InChI is InChI=1S/C11H22N2O4/c1-10(2,3)17-9(14)13-5-6-15-7-11(13,4)8-16-12/h5-8,12H2,1-4H3/t11-/m1/s1. The van der Waals surface area contributed by atoms with Gasteiger partial charge in [0.15, 0.2) is 0 Å². The van der Waals surface area contributed by atoms with Gasteiger partial charge in [-0.15, -0.1) is 0 Å². The molecule has 0 radical (unpaired) electrons. The maximum Gasteiger partial charge on any atom is 0.410 e. The summed E-state index contributed by atoms with van der Waals surface area (Å²) < 4.78 is 10.7. The van der Waals surface area contributed by atoms with Gasteiger partial charge in [-0.05, 0) is 27.7 Å². The van der Waals surface area contributed by atoms with Crippen molar-refractivity contribution < 1.29 is 19.1 Å². The van der Waals surface area contributed by atoms with E-state index in [0.29, 0.717) is 19.8 Å². The summed E-state index contributed by atoms with van der Waals surface area (Å²) >= 11 is 0. The van der Waals surface area contributed by atoms with Crippen molar-refractivity contribution in [1.29, 1.82) is 0 Å². The fraction of sp³-hybridized carbons (Fsp3) is 0.909. The van der Waals surface area contributed by atoms with Crippen molar-refractivity contribution in [3.63, 3.8) is 0 Å². The minimum absolute atomic E-state index is 0.215. The number of hydrogen-bond donors (Lipinski definition) is 1. The lowest BCUT2D eigenvalue weighted by molar-refractivity contribution is -0.0970. The van der Waals surface area contributed by atoms with Crippen LogP contribution in [0.1, 0.15) is 27.7 Å². The first kappa shape index (κ1) is 14.2. The summed E-state index contributed by atoms with van der Waals surface area (Å²) in [7, 11) is 0. The third kappa shape index (κ3) is 3.83. The van der Waals surface area contributed by atoms with Crippen LogP contribution in [0.25, 0.3) is 0 Å². The molecule has 1 aliphatic rings. The van der Waals surface area contributed by atoms with Crippen LogP contribution in [0.5, 0.6) is 0 Å². The molecule has 1 saturated heterocycles. The Hall–Kier alpha value is -0.850. The average molecular weight is 246 g/mol. The van der Waals surface area contributed by atoms with E-state index in [-0.39, 0.29) is 12.7 Å². The monoisotopic (exact) mass is 246 g/mol. The van der Waals surface area contributed by atoms with Crippen molar-refractivity contribution in [2.45, 2.75) is 38.8 Å². The van der Waals surface area contributed by atoms with Crippen LogP contribution in [0.2, 0.25) is 0 Å². The zero-order chi connectivity index (χ0) is 13.1. The SMILES string of the molecule is CC(C)(C)OC(=O)N1CCOC[C@]1(C)CON. The number of carbonyl (C=O) groups excluding carboxylic acids is 1. The summed E-state index contributed by atoms with van der Waals surface area (Å²) in [5.41, 5.74) is -1.09. The van der Waals surface area contributed by atoms with E-state index >= 15 is 0 Å². The van der Waals surface area contributed by atoms with Gasteiger partial charge in [-0.3, -0.25) is 4.90 Å². The predicted molar refractivity (Wildman–Crippen MR) is 62.3 cm³/mol. The van der Waals surface area contributed by atoms with Crippen LogP contribution in [0, 0.1) is 0 Å². The molecule has 0 aliphatic carbocycles. The first-order valence-corrected chi connectivity index (χ1v) is 5.68. The maximum atomic E-state index is 12.1. The summed E-state index contributed by atoms with van der Waals surface area (Å²) in [6, 6.07) is 0. The van der Waals surface area contributed by atoms with Crippen LogP contribution < -0.4 is 5.90 Å². The Morgan fingerprint density at radius 2 is 2.18 bits per heavy atom. The molecule has 1 amide bonds. The smallest absolute Gasteiger partial charge is 0.410 e. The van der Waals surface area contributed by atoms with Gasteiger partial charge in [0.1, 0.15) is 5.60 Å². The van der Waals surface area contributed by atoms with E-state index in [1.807, 2.05) is 27.7 Å². The van der Waals surface area contributed by atoms with Gasteiger partial charge in [0, 0.05) is 6.54 Å². The number of morpholine rings is 1. The molecule has 0 saturated carbocycles. The predicted octanol–water partition coefficient (Wildman–Crippen LogP) is 0.903. The number of nitrogens with two attached hydrogens (primary N) is 1. The highest BCUT2D eigenvalue weighted by atomic mass is 16.6. The third-order valence-electron chi connectivity index (χ3n) is 2.53. The van der Waals surface area contributed by atoms with Gasteiger partial charge in [0.2, 0.25) is 0 Å². The van der Waals surface area contributed by atoms with Crippen molar-refractivity contribution in [1.82, 2.24) is 4.90 Å². The van der Waals surface area contributed by atoms with Gasteiger partial charge in [0.25, 0.3) is 0 Å². The Labute approximate surface area is 102 Å². The zero-order valence-electron chi connectivity index (χ0n) is 11.0. The molecule has 1 fully saturated rings. The number of ether oxygens (including phenoxy) is 2. The molecule has 0 unspecified atom stereocenters. The summed E-state index contributed by atoms with van der Waals surface area (Å²) in [5, 5.41) is 0. The molecular formula is C11H22N2O4. The quantitative estimate of drug-likeness (QED) is 0.733. The van der Waals surface area contributed by atoms with Crippen LogP contribution in [0.4, 0.5) is 4.79 Å². The second kappa shape index (κ2) is 5.20. The number of rotatable bonds is 2. The van der Waals surface area contributed by atoms with E-state index in [0.717, 1.165) is 0 Å². The highest BCUT2D eigenvalue weighted by molar-refractivity contribution is 5.69. The van der Waals surface area contributed by atoms with Gasteiger partial charge in [-0.2, -0.15) is 0 Å². The summed E-state index contributed by atoms with van der Waals surface area (Å²) in [4.78, 5) is 18.3. The van der Waals surface area contributed by atoms with Crippen LogP contribution in [-0.4, -0.2) is 48.5 Å². The van der Waals surface area contributed by atoms with Crippen LogP contribution in [-0.2, 0) is 14.3 Å². The van der Waals surface area contributed by atoms with Crippen LogP contribution >= 0.6 is 0 Å². The molecule has 6 heteroatoms. The minimum Gasteiger partial charge on any atom is -0.444 e. The molecule has 6 nitrogen and oxygen atoms in total. The Morgan fingerprint density at radius 1 is 1.53 bits per heavy atom. The zero-order valence-corrected chi connectivity index (χ0v) is 11.0. The average Bonchev–Trinajstić information content (AvgIpc) is 2.15. The summed E-state index contributed by atoms with van der Waals surface area (Å²) in [6.45, 7) is 8.96. The van der Waals surface area contributed by atoms with Crippen LogP contribution in [0.15, 0.2) is 0 Å². The molecule has 0 aromatic carbocycles. The van der Waals surface area contributed by atoms with E-state index in [2.05, 4.69) is 4.84 Å². The Balaban J connectivity index is 2.74. The fourth-order valence-corrected chi connectivity index (χ4v) is 1.72. The molecular weight excluding hydrogens is 224 g/mol. The van der Waals surface area contributed by atoms with Gasteiger partial charge < -0.3 is 14.3 Å². The van der Waals surface area contributed by atoms with Crippen molar-refractivity contribution in [2.24, 2.45) is 5.90 Å². The molecule has 0 spiro atoms. The Bertz CT molecular complexity index is 273. The van der Waals surface area contributed by atoms with E-state index in [1.54, 1.807) is 4.90 Å². The Kier molecular flexibility index (Phi) is 4.35. The van der Waals surface area contributed by atoms with E-state index in [9.17, 15) is 4.79 Å². The first-order valence-electron chi connectivity index (χ1n) is 5.68. The Morgan fingerprint density at radius 3 is 2.71 bits per heavy atom. The number of hydrogen-bond acceptors (Lipinski definition) is 5. The molecule has 0 bridgehead atoms. The number of carbonyl (C=O) groups is 1. The van der Waals surface area contributed by atoms with E-state index in [1.165, 1.54) is 0 Å². The molecule has 1 heterocycles. The van der Waals surface area contributed by atoms with Crippen molar-refractivity contribution in [2.75, 3.05) is 26.4 Å². The minimum atomic E-state index is -0.574. The van der Waals surface area contributed by atoms with E-state index < -0.39 is 11.1 Å². The highest BCUT2D eigenvalue weighted by Gasteiger charge is 2.40. The van der Waals surface area contributed by atoms with Gasteiger partial charge in [0.05, 0.1) is 25.4 Å². The normalized spacial score (nSPS) is 25.8. The van der Waals surface area contributed by atoms with Crippen molar-refractivity contribution >= 4 is 6.09 Å². The summed E-state index contributed by atoms with van der Waals surface area (Å²) in [5.74, 6) is 5.10. The van der Waals surface area contributed by atoms with E-state index in [4.69, 9.17) is 15.4 Å². The highest BCUT2D eigenvalue weighted by Crippen LogP contribution is 2.22. The second-order valence-electron chi connectivity index (χ2n) is 5.49. The van der Waals surface area contributed by atoms with Crippen LogP contribution in [0.3, 0.4) is 0 Å². The van der Waals surface area contributed by atoms with Gasteiger partial charge in [-0.25, -0.2) is 10.7 Å². The number of amides is 1. The topological polar surface area (TPSA) is 74.0 Å².